The minimum Gasteiger partial charge on any atom is -0.314 e. The Morgan fingerprint density at radius 2 is 2.07 bits per heavy atom. The van der Waals surface area contributed by atoms with Crippen LogP contribution in [0.25, 0.3) is 0 Å². The highest BCUT2D eigenvalue weighted by Crippen LogP contribution is 2.35. The molecular weight excluding hydrogens is 184 g/mol. The van der Waals surface area contributed by atoms with Gasteiger partial charge >= 0.3 is 0 Å². The maximum Gasteiger partial charge on any atom is 0.0337 e. The molecule has 0 unspecified atom stereocenters. The second-order valence-electron chi connectivity index (χ2n) is 5.34. The Balaban J connectivity index is 2.02. The SMILES string of the molecule is CC(C)=CCN1CCNCC12CCCC2. The fraction of sp³-hybridized carbons (Fsp3) is 0.846. The van der Waals surface area contributed by atoms with Gasteiger partial charge in [-0.25, -0.2) is 0 Å². The van der Waals surface area contributed by atoms with E-state index in [0.717, 1.165) is 6.54 Å². The summed E-state index contributed by atoms with van der Waals surface area (Å²) in [7, 11) is 0. The van der Waals surface area contributed by atoms with E-state index in [4.69, 9.17) is 0 Å². The quantitative estimate of drug-likeness (QED) is 0.700. The summed E-state index contributed by atoms with van der Waals surface area (Å²) in [5.74, 6) is 0. The van der Waals surface area contributed by atoms with Gasteiger partial charge in [-0.05, 0) is 26.7 Å². The second kappa shape index (κ2) is 4.67. The molecule has 2 fully saturated rings. The first-order valence-corrected chi connectivity index (χ1v) is 6.32. The van der Waals surface area contributed by atoms with Crippen molar-refractivity contribution in [3.8, 4) is 0 Å². The summed E-state index contributed by atoms with van der Waals surface area (Å²) < 4.78 is 0. The van der Waals surface area contributed by atoms with Crippen molar-refractivity contribution < 1.29 is 0 Å². The largest absolute Gasteiger partial charge is 0.314 e. The van der Waals surface area contributed by atoms with Crippen molar-refractivity contribution in [3.63, 3.8) is 0 Å². The molecule has 1 N–H and O–H groups in total. The molecule has 0 atom stereocenters. The van der Waals surface area contributed by atoms with E-state index in [1.165, 1.54) is 50.9 Å². The van der Waals surface area contributed by atoms with Crippen LogP contribution in [0.15, 0.2) is 11.6 Å². The lowest BCUT2D eigenvalue weighted by Crippen LogP contribution is -2.59. The van der Waals surface area contributed by atoms with Crippen molar-refractivity contribution >= 4 is 0 Å². The summed E-state index contributed by atoms with van der Waals surface area (Å²) in [6.07, 6.45) is 8.03. The molecular formula is C13H24N2. The van der Waals surface area contributed by atoms with Crippen LogP contribution in [0.4, 0.5) is 0 Å². The highest BCUT2D eigenvalue weighted by molar-refractivity contribution is 5.03. The predicted octanol–water partition coefficient (Wildman–Crippen LogP) is 2.17. The summed E-state index contributed by atoms with van der Waals surface area (Å²) in [5, 5.41) is 3.57. The molecule has 1 saturated heterocycles. The van der Waals surface area contributed by atoms with Crippen molar-refractivity contribution in [2.45, 2.75) is 45.1 Å². The molecule has 1 aliphatic carbocycles. The first kappa shape index (κ1) is 11.2. The first-order valence-electron chi connectivity index (χ1n) is 6.32. The number of rotatable bonds is 2. The molecule has 0 radical (unpaired) electrons. The van der Waals surface area contributed by atoms with Crippen molar-refractivity contribution in [3.05, 3.63) is 11.6 Å². The average Bonchev–Trinajstić information content (AvgIpc) is 2.66. The Hall–Kier alpha value is -0.340. The van der Waals surface area contributed by atoms with Gasteiger partial charge in [-0.3, -0.25) is 4.90 Å². The zero-order valence-electron chi connectivity index (χ0n) is 10.2. The maximum absolute atomic E-state index is 3.57. The van der Waals surface area contributed by atoms with Crippen LogP contribution in [-0.4, -0.2) is 36.6 Å². The molecule has 1 heterocycles. The van der Waals surface area contributed by atoms with E-state index in [-0.39, 0.29) is 0 Å². The van der Waals surface area contributed by atoms with Gasteiger partial charge in [-0.15, -0.1) is 0 Å². The van der Waals surface area contributed by atoms with Gasteiger partial charge in [0.15, 0.2) is 0 Å². The van der Waals surface area contributed by atoms with Gasteiger partial charge in [-0.2, -0.15) is 0 Å². The summed E-state index contributed by atoms with van der Waals surface area (Å²) >= 11 is 0. The van der Waals surface area contributed by atoms with Gasteiger partial charge in [0.1, 0.15) is 0 Å². The summed E-state index contributed by atoms with van der Waals surface area (Å²) in [6.45, 7) is 9.16. The van der Waals surface area contributed by atoms with Gasteiger partial charge < -0.3 is 5.32 Å². The third kappa shape index (κ3) is 2.43. The third-order valence-electron chi connectivity index (χ3n) is 3.94. The molecule has 1 saturated carbocycles. The van der Waals surface area contributed by atoms with Crippen molar-refractivity contribution in [2.75, 3.05) is 26.2 Å². The van der Waals surface area contributed by atoms with Gasteiger partial charge in [0, 0.05) is 31.7 Å². The Labute approximate surface area is 93.7 Å². The Morgan fingerprint density at radius 3 is 2.73 bits per heavy atom. The van der Waals surface area contributed by atoms with E-state index < -0.39 is 0 Å². The zero-order chi connectivity index (χ0) is 10.7. The molecule has 0 bridgehead atoms. The van der Waals surface area contributed by atoms with Crippen LogP contribution in [0.3, 0.4) is 0 Å². The number of nitrogens with zero attached hydrogens (tertiary/aromatic N) is 1. The van der Waals surface area contributed by atoms with E-state index in [0.29, 0.717) is 5.54 Å². The Morgan fingerprint density at radius 1 is 1.33 bits per heavy atom. The zero-order valence-corrected chi connectivity index (χ0v) is 10.2. The van der Waals surface area contributed by atoms with Gasteiger partial charge in [0.2, 0.25) is 0 Å². The molecule has 0 aromatic heterocycles. The predicted molar refractivity (Wildman–Crippen MR) is 65.1 cm³/mol. The van der Waals surface area contributed by atoms with Gasteiger partial charge in [-0.1, -0.05) is 24.5 Å². The lowest BCUT2D eigenvalue weighted by Gasteiger charge is -2.45. The first-order chi connectivity index (χ1) is 7.23. The van der Waals surface area contributed by atoms with Crippen LogP contribution in [0.5, 0.6) is 0 Å². The molecule has 86 valence electrons. The summed E-state index contributed by atoms with van der Waals surface area (Å²) in [4.78, 5) is 2.71. The number of hydrogen-bond acceptors (Lipinski definition) is 2. The van der Waals surface area contributed by atoms with Crippen LogP contribution < -0.4 is 5.32 Å². The molecule has 2 nitrogen and oxygen atoms in total. The van der Waals surface area contributed by atoms with Gasteiger partial charge in [0.25, 0.3) is 0 Å². The molecule has 0 amide bonds. The maximum atomic E-state index is 3.57. The number of hydrogen-bond donors (Lipinski definition) is 1. The number of piperazine rings is 1. The fourth-order valence-corrected chi connectivity index (χ4v) is 2.99. The van der Waals surface area contributed by atoms with Crippen LogP contribution in [-0.2, 0) is 0 Å². The van der Waals surface area contributed by atoms with E-state index >= 15 is 0 Å². The van der Waals surface area contributed by atoms with Crippen LogP contribution >= 0.6 is 0 Å². The van der Waals surface area contributed by atoms with Crippen molar-refractivity contribution in [2.24, 2.45) is 0 Å². The van der Waals surface area contributed by atoms with Crippen LogP contribution in [0.1, 0.15) is 39.5 Å². The normalized spacial score (nSPS) is 25.7. The molecule has 2 heteroatoms. The molecule has 0 aromatic carbocycles. The lowest BCUT2D eigenvalue weighted by atomic mass is 9.92. The summed E-state index contributed by atoms with van der Waals surface area (Å²) in [6, 6.07) is 0. The molecule has 2 rings (SSSR count). The minimum absolute atomic E-state index is 0.504. The minimum atomic E-state index is 0.504. The standard InChI is InChI=1S/C13H24N2/c1-12(2)5-9-15-10-8-14-11-13(15)6-3-4-7-13/h5,14H,3-4,6-11H2,1-2H3. The molecule has 15 heavy (non-hydrogen) atoms. The van der Waals surface area contributed by atoms with E-state index in [9.17, 15) is 0 Å². The van der Waals surface area contributed by atoms with Crippen LogP contribution in [0, 0.1) is 0 Å². The van der Waals surface area contributed by atoms with E-state index in [1.54, 1.807) is 0 Å². The number of nitrogens with one attached hydrogen (secondary N) is 1. The smallest absolute Gasteiger partial charge is 0.0337 e. The van der Waals surface area contributed by atoms with Crippen LogP contribution in [0.2, 0.25) is 0 Å². The fourth-order valence-electron chi connectivity index (χ4n) is 2.99. The third-order valence-corrected chi connectivity index (χ3v) is 3.94. The Kier molecular flexibility index (Phi) is 3.47. The number of allylic oxidation sites excluding steroid dienone is 1. The molecule has 0 aromatic rings. The van der Waals surface area contributed by atoms with Gasteiger partial charge in [0.05, 0.1) is 0 Å². The lowest BCUT2D eigenvalue weighted by molar-refractivity contribution is 0.0773. The molecule has 1 aliphatic heterocycles. The highest BCUT2D eigenvalue weighted by Gasteiger charge is 2.40. The second-order valence-corrected chi connectivity index (χ2v) is 5.34. The van der Waals surface area contributed by atoms with Crippen molar-refractivity contribution in [1.29, 1.82) is 0 Å². The summed E-state index contributed by atoms with van der Waals surface area (Å²) in [5.41, 5.74) is 1.95. The topological polar surface area (TPSA) is 15.3 Å². The average molecular weight is 208 g/mol. The monoisotopic (exact) mass is 208 g/mol. The molecule has 2 aliphatic rings. The van der Waals surface area contributed by atoms with E-state index in [2.05, 4.69) is 30.1 Å². The van der Waals surface area contributed by atoms with E-state index in [1.807, 2.05) is 0 Å². The Bertz CT molecular complexity index is 235. The van der Waals surface area contributed by atoms with Crippen molar-refractivity contribution in [1.82, 2.24) is 10.2 Å². The molecule has 1 spiro atoms. The highest BCUT2D eigenvalue weighted by atomic mass is 15.3.